The van der Waals surface area contributed by atoms with Crippen LogP contribution in [-0.4, -0.2) is 6.54 Å². The minimum absolute atomic E-state index is 0.461. The summed E-state index contributed by atoms with van der Waals surface area (Å²) in [5.74, 6) is 0.461. The van der Waals surface area contributed by atoms with Crippen molar-refractivity contribution in [2.45, 2.75) is 32.6 Å². The topological polar surface area (TPSA) is 26.0 Å². The molecule has 0 saturated heterocycles. The van der Waals surface area contributed by atoms with Crippen LogP contribution in [0.2, 0.25) is 0 Å². The van der Waals surface area contributed by atoms with Crippen LogP contribution in [-0.2, 0) is 0 Å². The van der Waals surface area contributed by atoms with Gasteiger partial charge in [0.15, 0.2) is 0 Å². The molecule has 0 amide bonds. The van der Waals surface area contributed by atoms with Gasteiger partial charge in [-0.2, -0.15) is 0 Å². The highest BCUT2D eigenvalue weighted by molar-refractivity contribution is 5.36. The van der Waals surface area contributed by atoms with Crippen LogP contribution in [0, 0.1) is 13.8 Å². The third kappa shape index (κ3) is 3.68. The maximum absolute atomic E-state index is 5.69. The van der Waals surface area contributed by atoms with Gasteiger partial charge in [0.2, 0.25) is 0 Å². The second-order valence-electron chi connectivity index (χ2n) is 5.31. The van der Waals surface area contributed by atoms with Crippen LogP contribution in [0.5, 0.6) is 0 Å². The molecule has 0 unspecified atom stereocenters. The van der Waals surface area contributed by atoms with Crippen LogP contribution < -0.4 is 5.73 Å². The molecule has 0 aliphatic rings. The van der Waals surface area contributed by atoms with E-state index in [9.17, 15) is 0 Å². The molecule has 2 aromatic carbocycles. The molecule has 100 valence electrons. The van der Waals surface area contributed by atoms with E-state index in [0.29, 0.717) is 5.92 Å². The molecule has 0 fully saturated rings. The molecular formula is C18H23N. The molecule has 1 nitrogen and oxygen atoms in total. The van der Waals surface area contributed by atoms with Gasteiger partial charge in [0.05, 0.1) is 0 Å². The van der Waals surface area contributed by atoms with E-state index >= 15 is 0 Å². The van der Waals surface area contributed by atoms with Gasteiger partial charge in [0.1, 0.15) is 0 Å². The molecule has 0 aromatic heterocycles. The number of nitrogens with two attached hydrogens (primary N) is 1. The largest absolute Gasteiger partial charge is 0.330 e. The monoisotopic (exact) mass is 253 g/mol. The van der Waals surface area contributed by atoms with Crippen LogP contribution in [0.4, 0.5) is 0 Å². The van der Waals surface area contributed by atoms with Crippen LogP contribution in [0.3, 0.4) is 0 Å². The zero-order chi connectivity index (χ0) is 13.7. The Morgan fingerprint density at radius 2 is 1.42 bits per heavy atom. The van der Waals surface area contributed by atoms with Gasteiger partial charge < -0.3 is 5.73 Å². The summed E-state index contributed by atoms with van der Waals surface area (Å²) in [6.45, 7) is 5.06. The number of hydrogen-bond acceptors (Lipinski definition) is 1. The van der Waals surface area contributed by atoms with Gasteiger partial charge in [-0.1, -0.05) is 59.7 Å². The standard InChI is InChI=1S/C18H23N/c1-14-6-3-8-16(12-14)18(10-5-11-19)17-9-4-7-15(2)13-17/h3-4,6-9,12-13,18H,5,10-11,19H2,1-2H3. The van der Waals surface area contributed by atoms with Gasteiger partial charge in [-0.15, -0.1) is 0 Å². The van der Waals surface area contributed by atoms with Crippen molar-refractivity contribution in [3.63, 3.8) is 0 Å². The molecule has 2 N–H and O–H groups in total. The molecule has 2 rings (SSSR count). The van der Waals surface area contributed by atoms with Crippen LogP contribution in [0.1, 0.15) is 41.0 Å². The van der Waals surface area contributed by atoms with Crippen LogP contribution in [0.15, 0.2) is 48.5 Å². The first-order valence-electron chi connectivity index (χ1n) is 7.04. The maximum atomic E-state index is 5.69. The summed E-state index contributed by atoms with van der Waals surface area (Å²) in [6, 6.07) is 17.7. The van der Waals surface area contributed by atoms with E-state index < -0.39 is 0 Å². The fourth-order valence-corrected chi connectivity index (χ4v) is 2.62. The zero-order valence-corrected chi connectivity index (χ0v) is 11.9. The lowest BCUT2D eigenvalue weighted by Crippen LogP contribution is -2.06. The quantitative estimate of drug-likeness (QED) is 0.850. The van der Waals surface area contributed by atoms with Gasteiger partial charge in [-0.25, -0.2) is 0 Å². The third-order valence-electron chi connectivity index (χ3n) is 3.59. The van der Waals surface area contributed by atoms with E-state index in [4.69, 9.17) is 5.73 Å². The van der Waals surface area contributed by atoms with Crippen LogP contribution >= 0.6 is 0 Å². The number of aryl methyl sites for hydroxylation is 2. The Labute approximate surface area is 116 Å². The molecule has 0 atom stereocenters. The van der Waals surface area contributed by atoms with E-state index in [1.807, 2.05) is 0 Å². The number of rotatable bonds is 5. The molecule has 0 radical (unpaired) electrons. The fraction of sp³-hybridized carbons (Fsp3) is 0.333. The zero-order valence-electron chi connectivity index (χ0n) is 11.9. The average Bonchev–Trinajstić information content (AvgIpc) is 2.39. The lowest BCUT2D eigenvalue weighted by atomic mass is 9.86. The first kappa shape index (κ1) is 13.8. The smallest absolute Gasteiger partial charge is 0.00900 e. The van der Waals surface area contributed by atoms with E-state index in [-0.39, 0.29) is 0 Å². The molecule has 0 aliphatic heterocycles. The van der Waals surface area contributed by atoms with E-state index in [1.54, 1.807) is 0 Å². The van der Waals surface area contributed by atoms with Gasteiger partial charge >= 0.3 is 0 Å². The van der Waals surface area contributed by atoms with E-state index in [2.05, 4.69) is 62.4 Å². The lowest BCUT2D eigenvalue weighted by molar-refractivity contribution is 0.668. The van der Waals surface area contributed by atoms with Crippen molar-refractivity contribution >= 4 is 0 Å². The highest BCUT2D eigenvalue weighted by Gasteiger charge is 2.13. The average molecular weight is 253 g/mol. The van der Waals surface area contributed by atoms with E-state index in [0.717, 1.165) is 19.4 Å². The summed E-state index contributed by atoms with van der Waals surface area (Å²) in [7, 11) is 0. The summed E-state index contributed by atoms with van der Waals surface area (Å²) in [4.78, 5) is 0. The molecule has 0 heterocycles. The first-order valence-corrected chi connectivity index (χ1v) is 7.04. The van der Waals surface area contributed by atoms with Crippen molar-refractivity contribution in [2.24, 2.45) is 5.73 Å². The first-order chi connectivity index (χ1) is 9.20. The predicted molar refractivity (Wildman–Crippen MR) is 82.5 cm³/mol. The Bertz CT molecular complexity index is 485. The lowest BCUT2D eigenvalue weighted by Gasteiger charge is -2.19. The summed E-state index contributed by atoms with van der Waals surface area (Å²) < 4.78 is 0. The van der Waals surface area contributed by atoms with Crippen molar-refractivity contribution in [1.29, 1.82) is 0 Å². The second kappa shape index (κ2) is 6.53. The molecule has 0 bridgehead atoms. The van der Waals surface area contributed by atoms with Crippen molar-refractivity contribution in [2.75, 3.05) is 6.54 Å². The minimum atomic E-state index is 0.461. The second-order valence-corrected chi connectivity index (χ2v) is 5.31. The van der Waals surface area contributed by atoms with Gasteiger partial charge in [0.25, 0.3) is 0 Å². The SMILES string of the molecule is Cc1cccc(C(CCCN)c2cccc(C)c2)c1. The van der Waals surface area contributed by atoms with Gasteiger partial charge in [-0.05, 0) is 44.4 Å². The van der Waals surface area contributed by atoms with Crippen molar-refractivity contribution in [1.82, 2.24) is 0 Å². The molecule has 19 heavy (non-hydrogen) atoms. The Morgan fingerprint density at radius 3 is 1.84 bits per heavy atom. The molecule has 1 heteroatoms. The van der Waals surface area contributed by atoms with Crippen molar-refractivity contribution < 1.29 is 0 Å². The van der Waals surface area contributed by atoms with Crippen LogP contribution in [0.25, 0.3) is 0 Å². The molecular weight excluding hydrogens is 230 g/mol. The summed E-state index contributed by atoms with van der Waals surface area (Å²) in [5, 5.41) is 0. The highest BCUT2D eigenvalue weighted by atomic mass is 14.5. The predicted octanol–water partition coefficient (Wildman–Crippen LogP) is 4.17. The summed E-state index contributed by atoms with van der Waals surface area (Å²) in [6.07, 6.45) is 2.18. The summed E-state index contributed by atoms with van der Waals surface area (Å²) in [5.41, 5.74) is 11.1. The van der Waals surface area contributed by atoms with Crippen molar-refractivity contribution in [3.8, 4) is 0 Å². The van der Waals surface area contributed by atoms with Gasteiger partial charge in [-0.3, -0.25) is 0 Å². The van der Waals surface area contributed by atoms with Crippen molar-refractivity contribution in [3.05, 3.63) is 70.8 Å². The van der Waals surface area contributed by atoms with Gasteiger partial charge in [0, 0.05) is 5.92 Å². The highest BCUT2D eigenvalue weighted by Crippen LogP contribution is 2.30. The normalized spacial score (nSPS) is 10.9. The maximum Gasteiger partial charge on any atom is 0.00900 e. The Balaban J connectivity index is 2.35. The molecule has 2 aromatic rings. The molecule has 0 saturated carbocycles. The Morgan fingerprint density at radius 1 is 0.895 bits per heavy atom. The Hall–Kier alpha value is -1.60. The number of hydrogen-bond donors (Lipinski definition) is 1. The van der Waals surface area contributed by atoms with E-state index in [1.165, 1.54) is 22.3 Å². The molecule has 0 spiro atoms. The third-order valence-corrected chi connectivity index (χ3v) is 3.59. The number of benzene rings is 2. The molecule has 0 aliphatic carbocycles. The Kier molecular flexibility index (Phi) is 4.75. The minimum Gasteiger partial charge on any atom is -0.330 e. The summed E-state index contributed by atoms with van der Waals surface area (Å²) >= 11 is 0. The fourth-order valence-electron chi connectivity index (χ4n) is 2.62.